The second kappa shape index (κ2) is 3.75. The number of hydrogen-bond acceptors (Lipinski definition) is 1. The summed E-state index contributed by atoms with van der Waals surface area (Å²) in [4.78, 5) is 0. The SMILES string of the molecule is OCCCC1C=Cc2ccccc21. The Labute approximate surface area is 78.7 Å². The Kier molecular flexibility index (Phi) is 2.46. The fraction of sp³-hybridized carbons (Fsp3) is 0.333. The summed E-state index contributed by atoms with van der Waals surface area (Å²) in [5.74, 6) is 0.531. The standard InChI is InChI=1S/C12H14O/c13-9-3-5-11-8-7-10-4-1-2-6-12(10)11/h1-2,4,6-8,11,13H,3,5,9H2. The minimum absolute atomic E-state index is 0.298. The van der Waals surface area contributed by atoms with Crippen LogP contribution in [0.5, 0.6) is 0 Å². The first-order valence-corrected chi connectivity index (χ1v) is 4.80. The summed E-state index contributed by atoms with van der Waals surface area (Å²) in [7, 11) is 0. The van der Waals surface area contributed by atoms with E-state index >= 15 is 0 Å². The van der Waals surface area contributed by atoms with E-state index in [2.05, 4.69) is 36.4 Å². The number of aliphatic hydroxyl groups is 1. The molecule has 1 atom stereocenters. The van der Waals surface area contributed by atoms with Crippen LogP contribution >= 0.6 is 0 Å². The van der Waals surface area contributed by atoms with Crippen molar-refractivity contribution in [3.63, 3.8) is 0 Å². The number of benzene rings is 1. The second-order valence-corrected chi connectivity index (χ2v) is 3.46. The lowest BCUT2D eigenvalue weighted by molar-refractivity contribution is 0.282. The van der Waals surface area contributed by atoms with Gasteiger partial charge in [-0.3, -0.25) is 0 Å². The van der Waals surface area contributed by atoms with E-state index in [1.54, 1.807) is 0 Å². The third-order valence-electron chi connectivity index (χ3n) is 2.58. The summed E-state index contributed by atoms with van der Waals surface area (Å²) in [6.07, 6.45) is 6.37. The molecule has 1 aromatic carbocycles. The van der Waals surface area contributed by atoms with Crippen LogP contribution in [0.15, 0.2) is 30.3 Å². The van der Waals surface area contributed by atoms with Gasteiger partial charge in [0.15, 0.2) is 0 Å². The molecule has 0 aromatic heterocycles. The molecule has 0 saturated heterocycles. The van der Waals surface area contributed by atoms with Crippen LogP contribution in [0.4, 0.5) is 0 Å². The van der Waals surface area contributed by atoms with E-state index in [9.17, 15) is 0 Å². The topological polar surface area (TPSA) is 20.2 Å². The fourth-order valence-corrected chi connectivity index (χ4v) is 1.89. The number of allylic oxidation sites excluding steroid dienone is 1. The Morgan fingerprint density at radius 2 is 2.08 bits per heavy atom. The van der Waals surface area contributed by atoms with Crippen molar-refractivity contribution in [2.45, 2.75) is 18.8 Å². The number of rotatable bonds is 3. The Morgan fingerprint density at radius 3 is 2.92 bits per heavy atom. The van der Waals surface area contributed by atoms with Gasteiger partial charge in [0, 0.05) is 12.5 Å². The molecule has 1 heteroatoms. The summed E-state index contributed by atoms with van der Waals surface area (Å²) in [5, 5.41) is 8.75. The average molecular weight is 174 g/mol. The molecule has 0 aliphatic heterocycles. The molecule has 0 heterocycles. The molecule has 0 fully saturated rings. The van der Waals surface area contributed by atoms with E-state index in [1.165, 1.54) is 11.1 Å². The molecule has 0 radical (unpaired) electrons. The zero-order chi connectivity index (χ0) is 9.10. The summed E-state index contributed by atoms with van der Waals surface area (Å²) in [6.45, 7) is 0.298. The zero-order valence-corrected chi connectivity index (χ0v) is 7.61. The Morgan fingerprint density at radius 1 is 1.23 bits per heavy atom. The van der Waals surface area contributed by atoms with Gasteiger partial charge in [0.1, 0.15) is 0 Å². The van der Waals surface area contributed by atoms with E-state index < -0.39 is 0 Å². The maximum atomic E-state index is 8.75. The number of aliphatic hydroxyl groups excluding tert-OH is 1. The molecule has 0 spiro atoms. The first-order valence-electron chi connectivity index (χ1n) is 4.80. The molecule has 2 rings (SSSR count). The van der Waals surface area contributed by atoms with E-state index in [0.717, 1.165) is 12.8 Å². The maximum Gasteiger partial charge on any atom is 0.0431 e. The minimum Gasteiger partial charge on any atom is -0.396 e. The fourth-order valence-electron chi connectivity index (χ4n) is 1.89. The molecule has 0 amide bonds. The van der Waals surface area contributed by atoms with Gasteiger partial charge in [-0.1, -0.05) is 36.4 Å². The molecule has 1 N–H and O–H groups in total. The van der Waals surface area contributed by atoms with Gasteiger partial charge in [0.05, 0.1) is 0 Å². The van der Waals surface area contributed by atoms with Gasteiger partial charge in [0.25, 0.3) is 0 Å². The normalized spacial score (nSPS) is 19.0. The lowest BCUT2D eigenvalue weighted by Gasteiger charge is -2.09. The van der Waals surface area contributed by atoms with Crippen molar-refractivity contribution in [2.24, 2.45) is 0 Å². The quantitative estimate of drug-likeness (QED) is 0.746. The highest BCUT2D eigenvalue weighted by Crippen LogP contribution is 2.32. The summed E-state index contributed by atoms with van der Waals surface area (Å²) < 4.78 is 0. The van der Waals surface area contributed by atoms with Crippen LogP contribution in [0.25, 0.3) is 6.08 Å². The second-order valence-electron chi connectivity index (χ2n) is 3.46. The lowest BCUT2D eigenvalue weighted by Crippen LogP contribution is -1.94. The third-order valence-corrected chi connectivity index (χ3v) is 2.58. The van der Waals surface area contributed by atoms with E-state index in [0.29, 0.717) is 12.5 Å². The van der Waals surface area contributed by atoms with Crippen LogP contribution in [0.1, 0.15) is 29.9 Å². The van der Waals surface area contributed by atoms with Crippen LogP contribution in [0.3, 0.4) is 0 Å². The van der Waals surface area contributed by atoms with Gasteiger partial charge in [-0.25, -0.2) is 0 Å². The maximum absolute atomic E-state index is 8.75. The minimum atomic E-state index is 0.298. The molecule has 1 nitrogen and oxygen atoms in total. The molecule has 1 aliphatic carbocycles. The van der Waals surface area contributed by atoms with Gasteiger partial charge in [-0.05, 0) is 24.0 Å². The zero-order valence-electron chi connectivity index (χ0n) is 7.61. The van der Waals surface area contributed by atoms with Crippen molar-refractivity contribution < 1.29 is 5.11 Å². The molecule has 68 valence electrons. The Balaban J connectivity index is 2.14. The monoisotopic (exact) mass is 174 g/mol. The average Bonchev–Trinajstić information content (AvgIpc) is 2.58. The smallest absolute Gasteiger partial charge is 0.0431 e. The van der Waals surface area contributed by atoms with Crippen LogP contribution in [-0.2, 0) is 0 Å². The highest BCUT2D eigenvalue weighted by Gasteiger charge is 2.15. The number of fused-ring (bicyclic) bond motifs is 1. The summed E-state index contributed by atoms with van der Waals surface area (Å²) in [6, 6.07) is 8.47. The molecule has 0 bridgehead atoms. The van der Waals surface area contributed by atoms with E-state index in [1.807, 2.05) is 0 Å². The first kappa shape index (κ1) is 8.52. The molecule has 1 aromatic rings. The lowest BCUT2D eigenvalue weighted by atomic mass is 9.96. The van der Waals surface area contributed by atoms with Gasteiger partial charge in [-0.15, -0.1) is 0 Å². The first-order chi connectivity index (χ1) is 6.42. The number of hydrogen-bond donors (Lipinski definition) is 1. The van der Waals surface area contributed by atoms with Crippen LogP contribution < -0.4 is 0 Å². The van der Waals surface area contributed by atoms with Crippen molar-refractivity contribution in [2.75, 3.05) is 6.61 Å². The van der Waals surface area contributed by atoms with Gasteiger partial charge < -0.3 is 5.11 Å². The predicted octanol–water partition coefficient (Wildman–Crippen LogP) is 2.57. The van der Waals surface area contributed by atoms with Gasteiger partial charge in [-0.2, -0.15) is 0 Å². The van der Waals surface area contributed by atoms with Crippen LogP contribution in [0.2, 0.25) is 0 Å². The van der Waals surface area contributed by atoms with Crippen molar-refractivity contribution in [3.05, 3.63) is 41.5 Å². The van der Waals surface area contributed by atoms with Gasteiger partial charge in [0.2, 0.25) is 0 Å². The van der Waals surface area contributed by atoms with Crippen molar-refractivity contribution in [1.82, 2.24) is 0 Å². The molecule has 13 heavy (non-hydrogen) atoms. The summed E-state index contributed by atoms with van der Waals surface area (Å²) >= 11 is 0. The highest BCUT2D eigenvalue weighted by atomic mass is 16.2. The van der Waals surface area contributed by atoms with Crippen LogP contribution in [-0.4, -0.2) is 11.7 Å². The molecular formula is C12H14O. The predicted molar refractivity (Wildman–Crippen MR) is 54.5 cm³/mol. The third kappa shape index (κ3) is 1.65. The van der Waals surface area contributed by atoms with E-state index in [-0.39, 0.29) is 0 Å². The Hall–Kier alpha value is -1.08. The molecule has 1 aliphatic rings. The molecule has 1 unspecified atom stereocenters. The summed E-state index contributed by atoms with van der Waals surface area (Å²) in [5.41, 5.74) is 2.75. The van der Waals surface area contributed by atoms with Crippen molar-refractivity contribution in [3.8, 4) is 0 Å². The molecular weight excluding hydrogens is 160 g/mol. The van der Waals surface area contributed by atoms with E-state index in [4.69, 9.17) is 5.11 Å². The highest BCUT2D eigenvalue weighted by molar-refractivity contribution is 5.62. The Bertz CT molecular complexity index is 315. The van der Waals surface area contributed by atoms with Crippen molar-refractivity contribution >= 4 is 6.08 Å². The van der Waals surface area contributed by atoms with Crippen LogP contribution in [0, 0.1) is 0 Å². The largest absolute Gasteiger partial charge is 0.396 e. The molecule has 0 saturated carbocycles. The van der Waals surface area contributed by atoms with Crippen molar-refractivity contribution in [1.29, 1.82) is 0 Å². The van der Waals surface area contributed by atoms with Gasteiger partial charge >= 0.3 is 0 Å².